The Bertz CT molecular complexity index is 680. The van der Waals surface area contributed by atoms with Crippen molar-refractivity contribution in [2.24, 2.45) is 10.9 Å². The first-order chi connectivity index (χ1) is 11.6. The lowest BCUT2D eigenvalue weighted by Crippen LogP contribution is -2.35. The van der Waals surface area contributed by atoms with Crippen molar-refractivity contribution >= 4 is 17.4 Å². The van der Waals surface area contributed by atoms with Crippen molar-refractivity contribution in [1.82, 2.24) is 0 Å². The number of nitrogens with one attached hydrogen (secondary N) is 1. The number of nitroso groups, excluding NO2 is 1. The number of carboxylic acid groups (broad SMARTS) is 1. The summed E-state index contributed by atoms with van der Waals surface area (Å²) in [5.74, 6) is -0.576. The van der Waals surface area contributed by atoms with Crippen molar-refractivity contribution in [2.75, 3.05) is 11.9 Å². The largest absolute Gasteiger partial charge is 0.490 e. The zero-order chi connectivity index (χ0) is 17.1. The number of fused-ring (bicyclic) bond motifs is 1. The van der Waals surface area contributed by atoms with Gasteiger partial charge in [0.2, 0.25) is 0 Å². The monoisotopic (exact) mass is 331 g/mol. The van der Waals surface area contributed by atoms with Crippen LogP contribution in [0.2, 0.25) is 0 Å². The van der Waals surface area contributed by atoms with Crippen molar-refractivity contribution in [3.63, 3.8) is 0 Å². The van der Waals surface area contributed by atoms with Crippen LogP contribution in [0, 0.1) is 4.91 Å². The molecule has 0 bridgehead atoms. The second-order valence-electron chi connectivity index (χ2n) is 6.20. The van der Waals surface area contributed by atoms with Gasteiger partial charge in [0.15, 0.2) is 0 Å². The van der Waals surface area contributed by atoms with E-state index in [2.05, 4.69) is 10.5 Å². The molecule has 3 rings (SSSR count). The van der Waals surface area contributed by atoms with Crippen LogP contribution < -0.4 is 15.8 Å². The molecule has 4 N–H and O–H groups in total. The molecule has 0 spiro atoms. The Morgan fingerprint density at radius 1 is 1.33 bits per heavy atom. The first-order valence-electron chi connectivity index (χ1n) is 8.20. The topological polar surface area (TPSA) is 114 Å². The zero-order valence-corrected chi connectivity index (χ0v) is 13.3. The third kappa shape index (κ3) is 3.06. The number of benzene rings is 1. The number of anilines is 1. The highest BCUT2D eigenvalue weighted by Gasteiger charge is 2.32. The molecule has 1 saturated carbocycles. The van der Waals surface area contributed by atoms with Gasteiger partial charge in [-0.1, -0.05) is 17.7 Å². The number of nitrogens with two attached hydrogens (primary N) is 1. The van der Waals surface area contributed by atoms with E-state index in [1.807, 2.05) is 6.07 Å². The molecule has 24 heavy (non-hydrogen) atoms. The van der Waals surface area contributed by atoms with E-state index >= 15 is 0 Å². The molecule has 1 aliphatic carbocycles. The molecule has 1 fully saturated rings. The maximum Gasteiger partial charge on any atom is 0.335 e. The summed E-state index contributed by atoms with van der Waals surface area (Å²) in [4.78, 5) is 22.2. The third-order valence-electron chi connectivity index (χ3n) is 4.60. The summed E-state index contributed by atoms with van der Waals surface area (Å²) in [7, 11) is 0. The van der Waals surface area contributed by atoms with Crippen LogP contribution in [0.5, 0.6) is 5.75 Å². The standard InChI is InChI=1S/C17H21N3O4/c18-16-14-11(20-12(9-19-23)15(16)17(21)22)7-4-8-13(14)24-10-5-2-1-3-6-10/h4,7-8,10,12,20H,1-3,5-6,9,18H2,(H,21,22). The fraction of sp³-hybridized carbons (Fsp3) is 0.471. The van der Waals surface area contributed by atoms with Crippen molar-refractivity contribution in [3.05, 3.63) is 34.2 Å². The number of hydrogen-bond acceptors (Lipinski definition) is 6. The Labute approximate surface area is 139 Å². The summed E-state index contributed by atoms with van der Waals surface area (Å²) in [6, 6.07) is 4.69. The van der Waals surface area contributed by atoms with Crippen LogP contribution in [0.3, 0.4) is 0 Å². The lowest BCUT2D eigenvalue weighted by atomic mass is 9.93. The molecule has 0 aromatic heterocycles. The van der Waals surface area contributed by atoms with Crippen LogP contribution in [0.15, 0.2) is 28.9 Å². The average molecular weight is 331 g/mol. The Hall–Kier alpha value is -2.57. The zero-order valence-electron chi connectivity index (χ0n) is 13.3. The van der Waals surface area contributed by atoms with E-state index in [1.54, 1.807) is 12.1 Å². The highest BCUT2D eigenvalue weighted by Crippen LogP contribution is 2.39. The number of hydrogen-bond donors (Lipinski definition) is 3. The fourth-order valence-corrected chi connectivity index (χ4v) is 3.45. The minimum Gasteiger partial charge on any atom is -0.490 e. The van der Waals surface area contributed by atoms with Crippen molar-refractivity contribution < 1.29 is 14.6 Å². The lowest BCUT2D eigenvalue weighted by Gasteiger charge is -2.30. The van der Waals surface area contributed by atoms with Gasteiger partial charge < -0.3 is 20.9 Å². The van der Waals surface area contributed by atoms with Gasteiger partial charge >= 0.3 is 5.97 Å². The SMILES string of the molecule is NC1=C(C(=O)O)C(CN=O)Nc2cccc(OC3CCCCC3)c21. The maximum atomic E-state index is 11.6. The van der Waals surface area contributed by atoms with E-state index in [0.29, 0.717) is 17.0 Å². The Balaban J connectivity index is 1.99. The van der Waals surface area contributed by atoms with Crippen LogP contribution in [-0.2, 0) is 4.79 Å². The molecule has 1 atom stereocenters. The molecule has 1 aromatic carbocycles. The average Bonchev–Trinajstić information content (AvgIpc) is 2.55. The van der Waals surface area contributed by atoms with E-state index in [4.69, 9.17) is 10.5 Å². The third-order valence-corrected chi connectivity index (χ3v) is 4.60. The number of carboxylic acids is 1. The summed E-state index contributed by atoms with van der Waals surface area (Å²) < 4.78 is 6.12. The minimum atomic E-state index is -1.16. The van der Waals surface area contributed by atoms with E-state index in [0.717, 1.165) is 25.7 Å². The molecule has 7 heteroatoms. The number of rotatable bonds is 5. The summed E-state index contributed by atoms with van der Waals surface area (Å²) in [5, 5.41) is 15.3. The molecule has 1 aliphatic heterocycles. The van der Waals surface area contributed by atoms with Gasteiger partial charge in [0.1, 0.15) is 12.3 Å². The first kappa shape index (κ1) is 16.3. The number of aliphatic carboxylic acids is 1. The van der Waals surface area contributed by atoms with Gasteiger partial charge in [0.05, 0.1) is 29.0 Å². The summed E-state index contributed by atoms with van der Waals surface area (Å²) in [5.41, 5.74) is 7.47. The molecule has 0 saturated heterocycles. The first-order valence-corrected chi connectivity index (χ1v) is 8.20. The van der Waals surface area contributed by atoms with Gasteiger partial charge in [-0.15, -0.1) is 0 Å². The minimum absolute atomic E-state index is 0.0400. The van der Waals surface area contributed by atoms with Crippen molar-refractivity contribution in [1.29, 1.82) is 0 Å². The van der Waals surface area contributed by atoms with E-state index in [-0.39, 0.29) is 23.9 Å². The van der Waals surface area contributed by atoms with Crippen LogP contribution >= 0.6 is 0 Å². The van der Waals surface area contributed by atoms with Gasteiger partial charge in [-0.2, -0.15) is 4.91 Å². The number of nitrogens with zero attached hydrogens (tertiary/aromatic N) is 1. The number of carbonyl (C=O) groups is 1. The number of ether oxygens (including phenoxy) is 1. The van der Waals surface area contributed by atoms with Gasteiger partial charge in [-0.25, -0.2) is 4.79 Å². The Morgan fingerprint density at radius 2 is 2.08 bits per heavy atom. The van der Waals surface area contributed by atoms with Crippen LogP contribution in [-0.4, -0.2) is 29.8 Å². The Kier molecular flexibility index (Phi) is 4.69. The van der Waals surface area contributed by atoms with Crippen molar-refractivity contribution in [2.45, 2.75) is 44.2 Å². The van der Waals surface area contributed by atoms with Crippen LogP contribution in [0.4, 0.5) is 5.69 Å². The van der Waals surface area contributed by atoms with E-state index in [9.17, 15) is 14.8 Å². The molecule has 0 radical (unpaired) electrons. The fourth-order valence-electron chi connectivity index (χ4n) is 3.45. The molecule has 1 unspecified atom stereocenters. The highest BCUT2D eigenvalue weighted by molar-refractivity contribution is 6.02. The molecule has 2 aliphatic rings. The Morgan fingerprint density at radius 3 is 2.75 bits per heavy atom. The highest BCUT2D eigenvalue weighted by atomic mass is 16.5. The van der Waals surface area contributed by atoms with Gasteiger partial charge in [-0.05, 0) is 37.8 Å². The normalized spacial score (nSPS) is 20.9. The van der Waals surface area contributed by atoms with Gasteiger partial charge in [0, 0.05) is 5.69 Å². The predicted molar refractivity (Wildman–Crippen MR) is 90.8 cm³/mol. The molecule has 128 valence electrons. The van der Waals surface area contributed by atoms with Crippen molar-refractivity contribution in [3.8, 4) is 5.75 Å². The molecule has 7 nitrogen and oxygen atoms in total. The molecular formula is C17H21N3O4. The predicted octanol–water partition coefficient (Wildman–Crippen LogP) is 2.71. The van der Waals surface area contributed by atoms with Crippen LogP contribution in [0.25, 0.3) is 5.70 Å². The summed E-state index contributed by atoms with van der Waals surface area (Å²) in [6.07, 6.45) is 5.60. The van der Waals surface area contributed by atoms with Gasteiger partial charge in [-0.3, -0.25) is 0 Å². The smallest absolute Gasteiger partial charge is 0.335 e. The molecular weight excluding hydrogens is 310 g/mol. The van der Waals surface area contributed by atoms with Gasteiger partial charge in [0.25, 0.3) is 0 Å². The summed E-state index contributed by atoms with van der Waals surface area (Å²) >= 11 is 0. The second kappa shape index (κ2) is 6.90. The quantitative estimate of drug-likeness (QED) is 0.715. The molecule has 0 amide bonds. The summed E-state index contributed by atoms with van der Waals surface area (Å²) in [6.45, 7) is -0.199. The van der Waals surface area contributed by atoms with E-state index in [1.165, 1.54) is 6.42 Å². The maximum absolute atomic E-state index is 11.6. The van der Waals surface area contributed by atoms with E-state index < -0.39 is 12.0 Å². The lowest BCUT2D eigenvalue weighted by molar-refractivity contribution is -0.132. The van der Waals surface area contributed by atoms with Crippen LogP contribution in [0.1, 0.15) is 37.7 Å². The second-order valence-corrected chi connectivity index (χ2v) is 6.20. The molecule has 1 heterocycles. The molecule has 1 aromatic rings.